The molecule has 0 fully saturated rings. The highest BCUT2D eigenvalue weighted by molar-refractivity contribution is 6.05. The number of hydrazone groups is 1. The van der Waals surface area contributed by atoms with Crippen molar-refractivity contribution in [2.45, 2.75) is 13.0 Å². The number of aromatic hydroxyl groups is 1. The Balaban J connectivity index is 1.68. The molecule has 1 N–H and O–H groups in total. The van der Waals surface area contributed by atoms with Crippen LogP contribution in [0.3, 0.4) is 0 Å². The summed E-state index contributed by atoms with van der Waals surface area (Å²) in [4.78, 5) is 4.41. The fraction of sp³-hybridized carbons (Fsp3) is 0.120. The van der Waals surface area contributed by atoms with Crippen LogP contribution in [0.4, 0.5) is 5.69 Å². The molecule has 1 aliphatic heterocycles. The minimum Gasteiger partial charge on any atom is -0.505 e. The second-order valence-electron chi connectivity index (χ2n) is 7.34. The second kappa shape index (κ2) is 7.06. The van der Waals surface area contributed by atoms with Crippen LogP contribution in [0.2, 0.25) is 0 Å². The fourth-order valence-electron chi connectivity index (χ4n) is 4.14. The molecular weight excluding hydrogens is 358 g/mol. The van der Waals surface area contributed by atoms with Gasteiger partial charge in [-0.3, -0.25) is 9.99 Å². The van der Waals surface area contributed by atoms with Gasteiger partial charge in [0.05, 0.1) is 17.4 Å². The lowest BCUT2D eigenvalue weighted by molar-refractivity contribution is 0.457. The first-order chi connectivity index (χ1) is 14.2. The van der Waals surface area contributed by atoms with Crippen molar-refractivity contribution in [2.75, 3.05) is 5.01 Å². The number of hydrogen-bond acceptors (Lipinski definition) is 4. The molecule has 4 nitrogen and oxygen atoms in total. The molecule has 5 rings (SSSR count). The molecule has 0 unspecified atom stereocenters. The standard InChI is InChI=1S/C25H21N3O/c1-17-22(18-9-4-2-5-10-18)27-28(20-12-6-3-7-13-20)24(17)21-15-14-19-11-8-16-26-23(19)25(21)29/h2-17,24,29H,1H3/t17-,24-/m0/s1. The molecular formula is C25H21N3O. The van der Waals surface area contributed by atoms with E-state index >= 15 is 0 Å². The van der Waals surface area contributed by atoms with E-state index in [1.54, 1.807) is 6.20 Å². The van der Waals surface area contributed by atoms with Crippen molar-refractivity contribution >= 4 is 22.3 Å². The summed E-state index contributed by atoms with van der Waals surface area (Å²) in [5.41, 5.74) is 4.57. The molecule has 1 aliphatic rings. The first-order valence-electron chi connectivity index (χ1n) is 9.79. The van der Waals surface area contributed by atoms with Crippen LogP contribution in [0.1, 0.15) is 24.1 Å². The normalized spacial score (nSPS) is 18.8. The average molecular weight is 379 g/mol. The quantitative estimate of drug-likeness (QED) is 0.508. The van der Waals surface area contributed by atoms with Crippen molar-refractivity contribution in [2.24, 2.45) is 11.0 Å². The largest absolute Gasteiger partial charge is 0.505 e. The van der Waals surface area contributed by atoms with Crippen molar-refractivity contribution in [3.8, 4) is 5.75 Å². The van der Waals surface area contributed by atoms with Gasteiger partial charge < -0.3 is 5.11 Å². The predicted molar refractivity (Wildman–Crippen MR) is 117 cm³/mol. The Morgan fingerprint density at radius 3 is 2.31 bits per heavy atom. The third kappa shape index (κ3) is 2.93. The first-order valence-corrected chi connectivity index (χ1v) is 9.79. The van der Waals surface area contributed by atoms with Gasteiger partial charge in [0.25, 0.3) is 0 Å². The molecule has 1 aromatic heterocycles. The SMILES string of the molecule is C[C@H]1C(c2ccccc2)=NN(c2ccccc2)[C@@H]1c1ccc2cccnc2c1O. The number of fused-ring (bicyclic) bond motifs is 1. The highest BCUT2D eigenvalue weighted by atomic mass is 16.3. The highest BCUT2D eigenvalue weighted by Gasteiger charge is 2.38. The van der Waals surface area contributed by atoms with E-state index in [0.29, 0.717) is 5.52 Å². The summed E-state index contributed by atoms with van der Waals surface area (Å²) >= 11 is 0. The Bertz CT molecular complexity index is 1190. The molecule has 0 radical (unpaired) electrons. The summed E-state index contributed by atoms with van der Waals surface area (Å²) in [5.74, 6) is 0.315. The minimum absolute atomic E-state index is 0.0877. The smallest absolute Gasteiger partial charge is 0.147 e. The maximum Gasteiger partial charge on any atom is 0.147 e. The molecule has 0 amide bonds. The van der Waals surface area contributed by atoms with E-state index in [1.165, 1.54) is 0 Å². The molecule has 2 atom stereocenters. The fourth-order valence-corrected chi connectivity index (χ4v) is 4.14. The van der Waals surface area contributed by atoms with Crippen LogP contribution in [0, 0.1) is 5.92 Å². The van der Waals surface area contributed by atoms with Gasteiger partial charge in [-0.25, -0.2) is 0 Å². The van der Waals surface area contributed by atoms with Crippen LogP contribution in [-0.4, -0.2) is 15.8 Å². The van der Waals surface area contributed by atoms with E-state index in [0.717, 1.165) is 27.9 Å². The van der Waals surface area contributed by atoms with Gasteiger partial charge in [-0.1, -0.05) is 73.7 Å². The number of nitrogens with zero attached hydrogens (tertiary/aromatic N) is 3. The molecule has 0 aliphatic carbocycles. The van der Waals surface area contributed by atoms with Gasteiger partial charge >= 0.3 is 0 Å². The van der Waals surface area contributed by atoms with Gasteiger partial charge in [-0.05, 0) is 23.8 Å². The van der Waals surface area contributed by atoms with Gasteiger partial charge in [0.2, 0.25) is 0 Å². The van der Waals surface area contributed by atoms with Gasteiger partial charge in [0.15, 0.2) is 0 Å². The molecule has 0 bridgehead atoms. The first kappa shape index (κ1) is 17.4. The zero-order valence-corrected chi connectivity index (χ0v) is 16.1. The lowest BCUT2D eigenvalue weighted by Gasteiger charge is -2.27. The van der Waals surface area contributed by atoms with E-state index in [9.17, 15) is 5.11 Å². The van der Waals surface area contributed by atoms with Crippen LogP contribution >= 0.6 is 0 Å². The number of hydrogen-bond donors (Lipinski definition) is 1. The molecule has 4 heteroatoms. The average Bonchev–Trinajstić information content (AvgIpc) is 3.12. The van der Waals surface area contributed by atoms with E-state index in [1.807, 2.05) is 77.8 Å². The Hall–Kier alpha value is -3.66. The molecule has 0 saturated heterocycles. The van der Waals surface area contributed by atoms with Gasteiger partial charge in [-0.15, -0.1) is 0 Å². The van der Waals surface area contributed by atoms with E-state index in [4.69, 9.17) is 5.10 Å². The van der Waals surface area contributed by atoms with Gasteiger partial charge in [0, 0.05) is 23.1 Å². The Labute approximate surface area is 169 Å². The summed E-state index contributed by atoms with van der Waals surface area (Å²) in [7, 11) is 0. The number of anilines is 1. The molecule has 2 heterocycles. The third-order valence-electron chi connectivity index (χ3n) is 5.57. The zero-order chi connectivity index (χ0) is 19.8. The lowest BCUT2D eigenvalue weighted by Crippen LogP contribution is -2.24. The number of aromatic nitrogens is 1. The van der Waals surface area contributed by atoms with Gasteiger partial charge in [0.1, 0.15) is 11.3 Å². The topological polar surface area (TPSA) is 48.7 Å². The number of rotatable bonds is 3. The molecule has 29 heavy (non-hydrogen) atoms. The van der Waals surface area contributed by atoms with Crippen molar-refractivity contribution in [1.29, 1.82) is 0 Å². The van der Waals surface area contributed by atoms with Crippen LogP contribution in [0.15, 0.2) is 96.2 Å². The van der Waals surface area contributed by atoms with Crippen molar-refractivity contribution in [3.63, 3.8) is 0 Å². The lowest BCUT2D eigenvalue weighted by atomic mass is 9.87. The van der Waals surface area contributed by atoms with Crippen molar-refractivity contribution in [3.05, 3.63) is 102 Å². The molecule has 3 aromatic carbocycles. The van der Waals surface area contributed by atoms with Crippen LogP contribution in [0.25, 0.3) is 10.9 Å². The summed E-state index contributed by atoms with van der Waals surface area (Å²) in [6.45, 7) is 2.17. The van der Waals surface area contributed by atoms with E-state index in [2.05, 4.69) is 24.0 Å². The Morgan fingerprint density at radius 2 is 1.55 bits per heavy atom. The number of phenolic OH excluding ortho intramolecular Hbond substituents is 1. The number of para-hydroxylation sites is 1. The Kier molecular flexibility index (Phi) is 4.24. The van der Waals surface area contributed by atoms with E-state index in [-0.39, 0.29) is 17.7 Å². The summed E-state index contributed by atoms with van der Waals surface area (Å²) < 4.78 is 0. The summed E-state index contributed by atoms with van der Waals surface area (Å²) in [6.07, 6.45) is 1.71. The number of benzene rings is 3. The number of phenols is 1. The highest BCUT2D eigenvalue weighted by Crippen LogP contribution is 2.44. The Morgan fingerprint density at radius 1 is 0.828 bits per heavy atom. The molecule has 142 valence electrons. The van der Waals surface area contributed by atoms with Crippen molar-refractivity contribution < 1.29 is 5.11 Å². The third-order valence-corrected chi connectivity index (χ3v) is 5.57. The second-order valence-corrected chi connectivity index (χ2v) is 7.34. The van der Waals surface area contributed by atoms with Crippen LogP contribution in [0.5, 0.6) is 5.75 Å². The van der Waals surface area contributed by atoms with Crippen LogP contribution in [-0.2, 0) is 0 Å². The number of pyridine rings is 1. The predicted octanol–water partition coefficient (Wildman–Crippen LogP) is 5.54. The maximum absolute atomic E-state index is 11.1. The van der Waals surface area contributed by atoms with Crippen LogP contribution < -0.4 is 5.01 Å². The minimum atomic E-state index is -0.126. The molecule has 4 aromatic rings. The summed E-state index contributed by atoms with van der Waals surface area (Å²) in [6, 6.07) is 28.1. The van der Waals surface area contributed by atoms with Crippen molar-refractivity contribution in [1.82, 2.24) is 4.98 Å². The molecule has 0 spiro atoms. The molecule has 0 saturated carbocycles. The summed E-state index contributed by atoms with van der Waals surface area (Å²) in [5, 5.41) is 19.1. The van der Waals surface area contributed by atoms with Gasteiger partial charge in [-0.2, -0.15) is 5.10 Å². The van der Waals surface area contributed by atoms with E-state index < -0.39 is 0 Å². The zero-order valence-electron chi connectivity index (χ0n) is 16.1. The maximum atomic E-state index is 11.1. The monoisotopic (exact) mass is 379 g/mol.